The third-order valence-electron chi connectivity index (χ3n) is 3.96. The second kappa shape index (κ2) is 4.06. The Morgan fingerprint density at radius 3 is 2.89 bits per heavy atom. The Morgan fingerprint density at radius 2 is 2.26 bits per heavy atom. The molecule has 1 heterocycles. The predicted molar refractivity (Wildman–Crippen MR) is 71.4 cm³/mol. The molecule has 100 valence electrons. The van der Waals surface area contributed by atoms with Gasteiger partial charge in [-0.1, -0.05) is 6.07 Å². The number of methoxy groups -OCH3 is 1. The van der Waals surface area contributed by atoms with Crippen LogP contribution in [0, 0.1) is 12.3 Å². The summed E-state index contributed by atoms with van der Waals surface area (Å²) in [6, 6.07) is 5.52. The van der Waals surface area contributed by atoms with E-state index in [4.69, 9.17) is 10.5 Å². The van der Waals surface area contributed by atoms with Crippen LogP contribution in [0.2, 0.25) is 0 Å². The van der Waals surface area contributed by atoms with Crippen LogP contribution in [0.25, 0.3) is 11.0 Å². The number of ether oxygens (including phenoxy) is 1. The Morgan fingerprint density at radius 1 is 1.53 bits per heavy atom. The molecule has 0 amide bonds. The highest BCUT2D eigenvalue weighted by molar-refractivity contribution is 5.82. The molecule has 1 fully saturated rings. The van der Waals surface area contributed by atoms with Crippen molar-refractivity contribution >= 4 is 17.0 Å². The average Bonchev–Trinajstić information content (AvgIpc) is 3.13. The molecule has 5 nitrogen and oxygen atoms in total. The van der Waals surface area contributed by atoms with Gasteiger partial charge in [-0.25, -0.2) is 4.98 Å². The van der Waals surface area contributed by atoms with Crippen molar-refractivity contribution in [2.75, 3.05) is 7.11 Å². The molecule has 1 unspecified atom stereocenters. The molecular weight excluding hydrogens is 242 g/mol. The van der Waals surface area contributed by atoms with E-state index in [0.29, 0.717) is 0 Å². The molecule has 1 atom stereocenters. The lowest BCUT2D eigenvalue weighted by Gasteiger charge is -2.21. The summed E-state index contributed by atoms with van der Waals surface area (Å²) < 4.78 is 4.87. The van der Waals surface area contributed by atoms with Gasteiger partial charge < -0.3 is 15.5 Å². The van der Waals surface area contributed by atoms with Crippen LogP contribution in [0.5, 0.6) is 0 Å². The summed E-state index contributed by atoms with van der Waals surface area (Å²) in [6.45, 7) is 1.91. The number of aromatic amines is 1. The number of esters is 1. The molecule has 0 saturated heterocycles. The largest absolute Gasteiger partial charge is 0.469 e. The first-order valence-corrected chi connectivity index (χ1v) is 6.37. The van der Waals surface area contributed by atoms with Crippen molar-refractivity contribution in [3.8, 4) is 0 Å². The minimum absolute atomic E-state index is 0.208. The lowest BCUT2D eigenvalue weighted by molar-refractivity contribution is -0.148. The lowest BCUT2D eigenvalue weighted by atomic mass is 9.90. The Labute approximate surface area is 111 Å². The van der Waals surface area contributed by atoms with E-state index in [9.17, 15) is 4.79 Å². The first-order valence-electron chi connectivity index (χ1n) is 6.37. The number of hydrogen-bond donors (Lipinski definition) is 2. The normalized spacial score (nSPS) is 18.3. The molecule has 0 bridgehead atoms. The molecule has 3 N–H and O–H groups in total. The first-order chi connectivity index (χ1) is 9.06. The number of aryl methyl sites for hydroxylation is 1. The van der Waals surface area contributed by atoms with Crippen molar-refractivity contribution in [1.29, 1.82) is 0 Å². The number of rotatable bonds is 3. The molecule has 3 rings (SSSR count). The Bertz CT molecular complexity index is 643. The van der Waals surface area contributed by atoms with Crippen LogP contribution in [0.3, 0.4) is 0 Å². The minimum atomic E-state index is -0.530. The molecule has 2 aromatic rings. The highest BCUT2D eigenvalue weighted by Gasteiger charge is 2.56. The van der Waals surface area contributed by atoms with Crippen molar-refractivity contribution in [2.45, 2.75) is 25.8 Å². The van der Waals surface area contributed by atoms with E-state index in [2.05, 4.69) is 9.97 Å². The summed E-state index contributed by atoms with van der Waals surface area (Å²) in [7, 11) is 1.41. The van der Waals surface area contributed by atoms with Gasteiger partial charge in [0.2, 0.25) is 0 Å². The van der Waals surface area contributed by atoms with Crippen molar-refractivity contribution in [1.82, 2.24) is 9.97 Å². The van der Waals surface area contributed by atoms with E-state index in [0.717, 1.165) is 35.3 Å². The van der Waals surface area contributed by atoms with Crippen LogP contribution >= 0.6 is 0 Å². The highest BCUT2D eigenvalue weighted by Crippen LogP contribution is 2.54. The molecule has 0 radical (unpaired) electrons. The standard InChI is InChI=1S/C14H17N3O2/c1-8-16-10-4-3-9(7-11(10)17-8)12(15)14(5-6-14)13(18)19-2/h3-4,7,12H,5-6,15H2,1-2H3,(H,16,17). The predicted octanol–water partition coefficient (Wildman–Crippen LogP) is 1.82. The van der Waals surface area contributed by atoms with Crippen molar-refractivity contribution in [3.05, 3.63) is 29.6 Å². The number of carbonyl (C=O) groups excluding carboxylic acids is 1. The molecule has 0 spiro atoms. The molecule has 1 aromatic carbocycles. The number of benzene rings is 1. The number of carbonyl (C=O) groups is 1. The van der Waals surface area contributed by atoms with Crippen molar-refractivity contribution in [3.63, 3.8) is 0 Å². The maximum absolute atomic E-state index is 11.9. The monoisotopic (exact) mass is 259 g/mol. The molecule has 1 aliphatic rings. The van der Waals surface area contributed by atoms with E-state index in [1.807, 2.05) is 25.1 Å². The average molecular weight is 259 g/mol. The second-order valence-corrected chi connectivity index (χ2v) is 5.22. The Kier molecular flexibility index (Phi) is 2.60. The number of nitrogens with zero attached hydrogens (tertiary/aromatic N) is 1. The Hall–Kier alpha value is -1.88. The molecule has 0 aliphatic heterocycles. The topological polar surface area (TPSA) is 81.0 Å². The molecular formula is C14H17N3O2. The zero-order valence-corrected chi connectivity index (χ0v) is 11.1. The maximum atomic E-state index is 11.9. The van der Waals surface area contributed by atoms with E-state index < -0.39 is 5.41 Å². The van der Waals surface area contributed by atoms with E-state index in [-0.39, 0.29) is 12.0 Å². The van der Waals surface area contributed by atoms with Gasteiger partial charge in [-0.2, -0.15) is 0 Å². The number of aromatic nitrogens is 2. The summed E-state index contributed by atoms with van der Waals surface area (Å²) in [5.74, 6) is 0.663. The minimum Gasteiger partial charge on any atom is -0.469 e. The molecule has 5 heteroatoms. The Balaban J connectivity index is 1.97. The van der Waals surface area contributed by atoms with E-state index in [1.54, 1.807) is 0 Å². The fraction of sp³-hybridized carbons (Fsp3) is 0.429. The summed E-state index contributed by atoms with van der Waals surface area (Å²) in [5.41, 5.74) is 8.55. The fourth-order valence-corrected chi connectivity index (χ4v) is 2.65. The summed E-state index contributed by atoms with van der Waals surface area (Å²) in [6.07, 6.45) is 1.59. The SMILES string of the molecule is COC(=O)C1(C(N)c2ccc3nc(C)[nH]c3c2)CC1. The zero-order chi connectivity index (χ0) is 13.6. The number of imidazole rings is 1. The summed E-state index contributed by atoms with van der Waals surface area (Å²) in [5, 5.41) is 0. The van der Waals surface area contributed by atoms with Crippen LogP contribution in [-0.2, 0) is 9.53 Å². The van der Waals surface area contributed by atoms with Gasteiger partial charge in [0.25, 0.3) is 0 Å². The lowest BCUT2D eigenvalue weighted by Crippen LogP contribution is -2.31. The van der Waals surface area contributed by atoms with Crippen LogP contribution in [0.4, 0.5) is 0 Å². The fourth-order valence-electron chi connectivity index (χ4n) is 2.65. The van der Waals surface area contributed by atoms with Crippen LogP contribution < -0.4 is 5.73 Å². The zero-order valence-electron chi connectivity index (χ0n) is 11.1. The summed E-state index contributed by atoms with van der Waals surface area (Å²) >= 11 is 0. The number of nitrogens with one attached hydrogen (secondary N) is 1. The molecule has 1 aromatic heterocycles. The van der Waals surface area contributed by atoms with Gasteiger partial charge >= 0.3 is 5.97 Å². The van der Waals surface area contributed by atoms with Crippen molar-refractivity contribution in [2.24, 2.45) is 11.1 Å². The number of nitrogens with two attached hydrogens (primary N) is 1. The maximum Gasteiger partial charge on any atom is 0.313 e. The van der Waals surface area contributed by atoms with Gasteiger partial charge in [0.1, 0.15) is 5.82 Å². The molecule has 1 saturated carbocycles. The van der Waals surface area contributed by atoms with E-state index >= 15 is 0 Å². The van der Waals surface area contributed by atoms with Gasteiger partial charge in [-0.05, 0) is 37.5 Å². The van der Waals surface area contributed by atoms with Gasteiger partial charge in [0, 0.05) is 6.04 Å². The molecule has 1 aliphatic carbocycles. The number of fused-ring (bicyclic) bond motifs is 1. The second-order valence-electron chi connectivity index (χ2n) is 5.22. The highest BCUT2D eigenvalue weighted by atomic mass is 16.5. The smallest absolute Gasteiger partial charge is 0.313 e. The molecule has 19 heavy (non-hydrogen) atoms. The van der Waals surface area contributed by atoms with Crippen LogP contribution in [0.1, 0.15) is 30.3 Å². The third kappa shape index (κ3) is 1.81. The van der Waals surface area contributed by atoms with Crippen LogP contribution in [0.15, 0.2) is 18.2 Å². The number of hydrogen-bond acceptors (Lipinski definition) is 4. The van der Waals surface area contributed by atoms with Gasteiger partial charge in [-0.3, -0.25) is 4.79 Å². The third-order valence-corrected chi connectivity index (χ3v) is 3.96. The van der Waals surface area contributed by atoms with Crippen molar-refractivity contribution < 1.29 is 9.53 Å². The van der Waals surface area contributed by atoms with Gasteiger partial charge in [0.15, 0.2) is 0 Å². The summed E-state index contributed by atoms with van der Waals surface area (Å²) in [4.78, 5) is 19.4. The quantitative estimate of drug-likeness (QED) is 0.824. The first kappa shape index (κ1) is 12.2. The van der Waals surface area contributed by atoms with Crippen LogP contribution in [-0.4, -0.2) is 23.0 Å². The van der Waals surface area contributed by atoms with Gasteiger partial charge in [-0.15, -0.1) is 0 Å². The van der Waals surface area contributed by atoms with E-state index in [1.165, 1.54) is 7.11 Å². The van der Waals surface area contributed by atoms with Gasteiger partial charge in [0.05, 0.1) is 23.6 Å². The number of H-pyrrole nitrogens is 1.